The van der Waals surface area contributed by atoms with Crippen molar-refractivity contribution in [2.75, 3.05) is 0 Å². The van der Waals surface area contributed by atoms with Gasteiger partial charge in [-0.05, 0) is 6.07 Å². The number of hydrogen-bond donors (Lipinski definition) is 2. The molecule has 0 saturated heterocycles. The van der Waals surface area contributed by atoms with Gasteiger partial charge < -0.3 is 4.98 Å². The normalized spacial score (nSPS) is 11.0. The van der Waals surface area contributed by atoms with Crippen molar-refractivity contribution in [2.24, 2.45) is 0 Å². The molecule has 0 saturated carbocycles. The number of nitrogens with one attached hydrogen (secondary N) is 1. The lowest BCUT2D eigenvalue weighted by Crippen LogP contribution is -1.86. The largest absolute Gasteiger partial charge is 0.329 e. The molecule has 0 aliphatic carbocycles. The average molecular weight is 227 g/mol. The highest BCUT2D eigenvalue weighted by atomic mass is 32.2. The van der Waals surface area contributed by atoms with E-state index in [0.29, 0.717) is 5.52 Å². The Morgan fingerprint density at radius 2 is 2.13 bits per heavy atom. The van der Waals surface area contributed by atoms with E-state index in [1.165, 1.54) is 18.2 Å². The quantitative estimate of drug-likeness (QED) is 0.440. The molecule has 0 spiro atoms. The molecule has 0 aliphatic heterocycles. The van der Waals surface area contributed by atoms with Crippen molar-refractivity contribution in [2.45, 2.75) is 5.16 Å². The Kier molecular flexibility index (Phi) is 2.12. The molecule has 0 atom stereocenters. The van der Waals surface area contributed by atoms with Crippen LogP contribution in [0.2, 0.25) is 0 Å². The van der Waals surface area contributed by atoms with Gasteiger partial charge in [0.15, 0.2) is 0 Å². The molecule has 8 heteroatoms. The predicted molar refractivity (Wildman–Crippen MR) is 51.3 cm³/mol. The lowest BCUT2D eigenvalue weighted by atomic mass is 10.3. The van der Waals surface area contributed by atoms with E-state index in [-0.39, 0.29) is 16.4 Å². The molecule has 0 bridgehead atoms. The van der Waals surface area contributed by atoms with Gasteiger partial charge >= 0.3 is 0 Å². The summed E-state index contributed by atoms with van der Waals surface area (Å²) >= 11 is 0. The Bertz CT molecular complexity index is 608. The zero-order chi connectivity index (χ0) is 11.0. The molecule has 1 aromatic carbocycles. The fourth-order valence-electron chi connectivity index (χ4n) is 1.18. The Balaban J connectivity index is 2.67. The minimum atomic E-state index is -2.80. The first-order chi connectivity index (χ1) is 7.08. The maximum atomic E-state index is 10.6. The fourth-order valence-corrected chi connectivity index (χ4v) is 1.58. The molecule has 1 aromatic heterocycles. The van der Waals surface area contributed by atoms with Gasteiger partial charge in [-0.25, -0.2) is 13.4 Å². The van der Waals surface area contributed by atoms with Crippen molar-refractivity contribution in [3.63, 3.8) is 0 Å². The van der Waals surface area contributed by atoms with E-state index in [4.69, 9.17) is 0 Å². The molecule has 7 nitrogen and oxygen atoms in total. The summed E-state index contributed by atoms with van der Waals surface area (Å²) < 4.78 is 21.2. The smallest absolute Gasteiger partial charge is 0.271 e. The molecule has 15 heavy (non-hydrogen) atoms. The molecule has 0 radical (unpaired) electrons. The molecule has 0 aliphatic rings. The third-order valence-electron chi connectivity index (χ3n) is 1.84. The van der Waals surface area contributed by atoms with E-state index < -0.39 is 15.6 Å². The third kappa shape index (κ3) is 1.66. The second-order valence-electron chi connectivity index (χ2n) is 2.78. The van der Waals surface area contributed by atoms with Crippen molar-refractivity contribution < 1.29 is 13.3 Å². The predicted octanol–water partition coefficient (Wildman–Crippen LogP) is 0.441. The molecule has 0 unspecified atom stereocenters. The van der Waals surface area contributed by atoms with Crippen LogP contribution in [0.4, 0.5) is 5.69 Å². The second-order valence-corrected chi connectivity index (χ2v) is 3.71. The minimum absolute atomic E-state index is 0.123. The van der Waals surface area contributed by atoms with E-state index >= 15 is 0 Å². The number of benzene rings is 1. The number of hydrogen-bond acceptors (Lipinski definition) is 5. The van der Waals surface area contributed by atoms with Crippen molar-refractivity contribution in [1.29, 1.82) is 0 Å². The van der Waals surface area contributed by atoms with Gasteiger partial charge in [-0.15, -0.1) is 0 Å². The maximum Gasteiger partial charge on any atom is 0.271 e. The SMILES string of the molecule is O=[N+]([O-])c1ccc2[nH]c([SH](=O)=O)nc2c1. The highest BCUT2D eigenvalue weighted by Crippen LogP contribution is 2.18. The lowest BCUT2D eigenvalue weighted by Gasteiger charge is -1.89. The molecule has 2 rings (SSSR count). The number of aromatic nitrogens is 2. The van der Waals surface area contributed by atoms with E-state index in [0.717, 1.165) is 0 Å². The molecular formula is C7H5N3O4S. The molecule has 78 valence electrons. The Morgan fingerprint density at radius 3 is 2.73 bits per heavy atom. The maximum absolute atomic E-state index is 10.6. The number of imidazole rings is 1. The van der Waals surface area contributed by atoms with Gasteiger partial charge in [0.2, 0.25) is 15.9 Å². The number of nitro benzene ring substituents is 1. The number of rotatable bonds is 2. The summed E-state index contributed by atoms with van der Waals surface area (Å²) in [5, 5.41) is 10.2. The first-order valence-corrected chi connectivity index (χ1v) is 5.04. The standard InChI is InChI=1S/C7H5N3O4S/c11-10(12)4-1-2-5-6(3-4)9-7(8-5)15(13)14/h1-3,15H,(H,8,9). The number of non-ortho nitro benzene ring substituents is 1. The van der Waals surface area contributed by atoms with Gasteiger partial charge in [-0.3, -0.25) is 10.1 Å². The summed E-state index contributed by atoms with van der Waals surface area (Å²) in [4.78, 5) is 16.1. The third-order valence-corrected chi connectivity index (χ3v) is 2.40. The highest BCUT2D eigenvalue weighted by molar-refractivity contribution is 7.72. The van der Waals surface area contributed by atoms with Crippen LogP contribution in [0.5, 0.6) is 0 Å². The van der Waals surface area contributed by atoms with Crippen LogP contribution in [-0.2, 0) is 10.7 Å². The van der Waals surface area contributed by atoms with Crippen molar-refractivity contribution in [3.05, 3.63) is 28.3 Å². The Hall–Kier alpha value is -1.96. The number of nitro groups is 1. The van der Waals surface area contributed by atoms with Crippen LogP contribution in [0.3, 0.4) is 0 Å². The molecule has 1 heterocycles. The Morgan fingerprint density at radius 1 is 1.40 bits per heavy atom. The summed E-state index contributed by atoms with van der Waals surface area (Å²) in [6, 6.07) is 3.92. The van der Waals surface area contributed by atoms with Crippen LogP contribution in [0.25, 0.3) is 11.0 Å². The fraction of sp³-hybridized carbons (Fsp3) is 0. The summed E-state index contributed by atoms with van der Waals surface area (Å²) in [6.45, 7) is 0. The minimum Gasteiger partial charge on any atom is -0.329 e. The zero-order valence-corrected chi connectivity index (χ0v) is 8.10. The number of nitrogens with zero attached hydrogens (tertiary/aromatic N) is 2. The zero-order valence-electron chi connectivity index (χ0n) is 7.21. The summed E-state index contributed by atoms with van der Waals surface area (Å²) in [6.07, 6.45) is 0. The Labute approximate surface area is 84.9 Å². The van der Waals surface area contributed by atoms with Crippen LogP contribution in [-0.4, -0.2) is 23.3 Å². The van der Waals surface area contributed by atoms with Gasteiger partial charge in [0.25, 0.3) is 5.69 Å². The molecule has 2 aromatic rings. The van der Waals surface area contributed by atoms with E-state index in [1.807, 2.05) is 0 Å². The van der Waals surface area contributed by atoms with Crippen LogP contribution in [0.15, 0.2) is 23.4 Å². The van der Waals surface area contributed by atoms with Crippen LogP contribution in [0, 0.1) is 10.1 Å². The topological polar surface area (TPSA) is 106 Å². The molecule has 0 fully saturated rings. The first kappa shape index (κ1) is 9.59. The first-order valence-electron chi connectivity index (χ1n) is 3.86. The van der Waals surface area contributed by atoms with Gasteiger partial charge in [0.05, 0.1) is 16.0 Å². The molecule has 0 amide bonds. The molecular weight excluding hydrogens is 222 g/mol. The number of thiol groups is 1. The van der Waals surface area contributed by atoms with Gasteiger partial charge in [-0.2, -0.15) is 0 Å². The van der Waals surface area contributed by atoms with E-state index in [9.17, 15) is 18.5 Å². The summed E-state index contributed by atoms with van der Waals surface area (Å²) in [7, 11) is -2.80. The number of fused-ring (bicyclic) bond motifs is 1. The van der Waals surface area contributed by atoms with Crippen LogP contribution in [0.1, 0.15) is 0 Å². The van der Waals surface area contributed by atoms with Crippen molar-refractivity contribution >= 4 is 27.4 Å². The molecule has 1 N–H and O–H groups in total. The summed E-state index contributed by atoms with van der Waals surface area (Å²) in [5.41, 5.74) is 0.592. The van der Waals surface area contributed by atoms with Crippen LogP contribution >= 0.6 is 0 Å². The van der Waals surface area contributed by atoms with Gasteiger partial charge in [0, 0.05) is 12.1 Å². The van der Waals surface area contributed by atoms with Crippen LogP contribution < -0.4 is 0 Å². The monoisotopic (exact) mass is 227 g/mol. The number of aromatic amines is 1. The van der Waals surface area contributed by atoms with Gasteiger partial charge in [-0.1, -0.05) is 0 Å². The van der Waals surface area contributed by atoms with Crippen molar-refractivity contribution in [3.8, 4) is 0 Å². The van der Waals surface area contributed by atoms with E-state index in [2.05, 4.69) is 9.97 Å². The van der Waals surface area contributed by atoms with Gasteiger partial charge in [0.1, 0.15) is 0 Å². The number of H-pyrrole nitrogens is 1. The average Bonchev–Trinajstić information content (AvgIpc) is 2.59. The summed E-state index contributed by atoms with van der Waals surface area (Å²) in [5.74, 6) is 0. The highest BCUT2D eigenvalue weighted by Gasteiger charge is 2.10. The lowest BCUT2D eigenvalue weighted by molar-refractivity contribution is -0.384. The second kappa shape index (κ2) is 3.31. The van der Waals surface area contributed by atoms with E-state index in [1.54, 1.807) is 0 Å². The van der Waals surface area contributed by atoms with Crippen molar-refractivity contribution in [1.82, 2.24) is 9.97 Å².